The van der Waals surface area contributed by atoms with Crippen LogP contribution < -0.4 is 5.56 Å². The van der Waals surface area contributed by atoms with Crippen molar-refractivity contribution in [3.8, 4) is 0 Å². The molecule has 2 heterocycles. The second kappa shape index (κ2) is 4.31. The van der Waals surface area contributed by atoms with Crippen molar-refractivity contribution in [2.75, 3.05) is 7.11 Å². The van der Waals surface area contributed by atoms with Crippen molar-refractivity contribution in [3.63, 3.8) is 0 Å². The van der Waals surface area contributed by atoms with Crippen molar-refractivity contribution in [1.29, 1.82) is 0 Å². The summed E-state index contributed by atoms with van der Waals surface area (Å²) in [7, 11) is 1.21. The minimum Gasteiger partial charge on any atom is -0.464 e. The third-order valence-corrected chi connectivity index (χ3v) is 2.86. The number of H-pyrrole nitrogens is 1. The van der Waals surface area contributed by atoms with Gasteiger partial charge in [-0.2, -0.15) is 0 Å². The van der Waals surface area contributed by atoms with Crippen LogP contribution in [0.15, 0.2) is 22.3 Å². The maximum absolute atomic E-state index is 11.7. The third-order valence-electron chi connectivity index (χ3n) is 2.00. The number of carbonyl (C=O) groups is 1. The highest BCUT2D eigenvalue weighted by molar-refractivity contribution is 7.09. The first-order valence-electron chi connectivity index (χ1n) is 4.48. The summed E-state index contributed by atoms with van der Waals surface area (Å²) in [5.74, 6) is -0.730. The lowest BCUT2D eigenvalue weighted by atomic mass is 10.4. The van der Waals surface area contributed by atoms with Crippen molar-refractivity contribution in [1.82, 2.24) is 15.0 Å². The number of ether oxygens (including phenoxy) is 1. The van der Waals surface area contributed by atoms with Gasteiger partial charge in [0, 0.05) is 4.88 Å². The Morgan fingerprint density at radius 3 is 3.12 bits per heavy atom. The van der Waals surface area contributed by atoms with E-state index in [9.17, 15) is 9.59 Å². The van der Waals surface area contributed by atoms with Gasteiger partial charge in [0.15, 0.2) is 0 Å². The van der Waals surface area contributed by atoms with E-state index in [1.165, 1.54) is 23.1 Å². The van der Waals surface area contributed by atoms with E-state index in [-0.39, 0.29) is 5.69 Å². The third kappa shape index (κ3) is 1.89. The number of esters is 1. The predicted octanol–water partition coefficient (Wildman–Crippen LogP) is 0.468. The monoisotopic (exact) mass is 239 g/mol. The lowest BCUT2D eigenvalue weighted by molar-refractivity contribution is 0.0592. The molecule has 0 bridgehead atoms. The second-order valence-corrected chi connectivity index (χ2v) is 4.05. The molecular weight excluding hydrogens is 230 g/mol. The molecule has 16 heavy (non-hydrogen) atoms. The first-order chi connectivity index (χ1) is 7.72. The summed E-state index contributed by atoms with van der Waals surface area (Å²) >= 11 is 1.53. The second-order valence-electron chi connectivity index (χ2n) is 3.02. The molecule has 0 aromatic carbocycles. The van der Waals surface area contributed by atoms with Gasteiger partial charge in [0.25, 0.3) is 0 Å². The Morgan fingerprint density at radius 2 is 2.50 bits per heavy atom. The van der Waals surface area contributed by atoms with Crippen LogP contribution in [0.3, 0.4) is 0 Å². The molecule has 0 unspecified atom stereocenters. The molecule has 84 valence electrons. The molecule has 0 atom stereocenters. The van der Waals surface area contributed by atoms with E-state index in [0.29, 0.717) is 6.54 Å². The number of aromatic amines is 1. The van der Waals surface area contributed by atoms with Gasteiger partial charge in [0.1, 0.15) is 0 Å². The summed E-state index contributed by atoms with van der Waals surface area (Å²) in [5, 5.41) is 8.02. The molecule has 0 aliphatic carbocycles. The molecule has 2 rings (SSSR count). The Labute approximate surface area is 94.5 Å². The molecule has 0 saturated heterocycles. The number of hydrogen-bond donors (Lipinski definition) is 1. The van der Waals surface area contributed by atoms with Crippen LogP contribution in [0.4, 0.5) is 0 Å². The van der Waals surface area contributed by atoms with Gasteiger partial charge in [0.05, 0.1) is 13.7 Å². The highest BCUT2D eigenvalue weighted by atomic mass is 32.1. The summed E-state index contributed by atoms with van der Waals surface area (Å²) < 4.78 is 5.70. The number of nitrogens with one attached hydrogen (secondary N) is 1. The van der Waals surface area contributed by atoms with E-state index in [1.54, 1.807) is 0 Å². The number of carbonyl (C=O) groups excluding carboxylic acids is 1. The molecule has 0 spiro atoms. The highest BCUT2D eigenvalue weighted by Crippen LogP contribution is 2.08. The topological polar surface area (TPSA) is 77.0 Å². The van der Waals surface area contributed by atoms with Gasteiger partial charge in [-0.3, -0.25) is 4.79 Å². The molecule has 0 amide bonds. The molecule has 0 fully saturated rings. The lowest BCUT2D eigenvalue weighted by Crippen LogP contribution is -2.22. The normalized spacial score (nSPS) is 10.3. The number of nitrogens with zero attached hydrogens (tertiary/aromatic N) is 2. The van der Waals surface area contributed by atoms with Gasteiger partial charge in [-0.15, -0.1) is 16.4 Å². The molecule has 1 N–H and O–H groups in total. The van der Waals surface area contributed by atoms with Crippen LogP contribution in [0.2, 0.25) is 0 Å². The molecule has 6 nitrogen and oxygen atoms in total. The van der Waals surface area contributed by atoms with Crippen LogP contribution in [0.1, 0.15) is 15.4 Å². The summed E-state index contributed by atoms with van der Waals surface area (Å²) in [6.07, 6.45) is 0. The molecule has 2 aromatic rings. The van der Waals surface area contributed by atoms with Gasteiger partial charge in [-0.25, -0.2) is 14.7 Å². The van der Waals surface area contributed by atoms with Gasteiger partial charge in [-0.1, -0.05) is 6.07 Å². The number of methoxy groups -OCH3 is 1. The van der Waals surface area contributed by atoms with E-state index in [2.05, 4.69) is 15.0 Å². The van der Waals surface area contributed by atoms with Crippen LogP contribution in [0, 0.1) is 0 Å². The zero-order valence-corrected chi connectivity index (χ0v) is 9.28. The molecule has 0 radical (unpaired) electrons. The molecular formula is C9H9N3O3S. The van der Waals surface area contributed by atoms with E-state index >= 15 is 0 Å². The maximum atomic E-state index is 11.7. The van der Waals surface area contributed by atoms with Gasteiger partial charge in [-0.05, 0) is 11.4 Å². The van der Waals surface area contributed by atoms with Gasteiger partial charge < -0.3 is 4.74 Å². The number of aromatic nitrogens is 3. The first kappa shape index (κ1) is 10.6. The minimum absolute atomic E-state index is 0.223. The predicted molar refractivity (Wildman–Crippen MR) is 57.6 cm³/mol. The Morgan fingerprint density at radius 1 is 1.69 bits per heavy atom. The van der Waals surface area contributed by atoms with E-state index in [4.69, 9.17) is 0 Å². The summed E-state index contributed by atoms with van der Waals surface area (Å²) in [5.41, 5.74) is -0.695. The van der Waals surface area contributed by atoms with Crippen LogP contribution in [-0.4, -0.2) is 28.1 Å². The van der Waals surface area contributed by atoms with Crippen molar-refractivity contribution in [3.05, 3.63) is 38.4 Å². The summed E-state index contributed by atoms with van der Waals surface area (Å²) in [6, 6.07) is 3.79. The van der Waals surface area contributed by atoms with Crippen LogP contribution in [0.25, 0.3) is 0 Å². The van der Waals surface area contributed by atoms with E-state index in [1.807, 2.05) is 17.5 Å². The lowest BCUT2D eigenvalue weighted by Gasteiger charge is -1.95. The Kier molecular flexibility index (Phi) is 2.86. The first-order valence-corrected chi connectivity index (χ1v) is 5.36. The van der Waals surface area contributed by atoms with Crippen molar-refractivity contribution in [2.24, 2.45) is 0 Å². The smallest absolute Gasteiger partial charge is 0.364 e. The zero-order chi connectivity index (χ0) is 11.5. The van der Waals surface area contributed by atoms with Crippen molar-refractivity contribution < 1.29 is 9.53 Å². The molecule has 0 aliphatic heterocycles. The fraction of sp³-hybridized carbons (Fsp3) is 0.222. The van der Waals surface area contributed by atoms with Crippen LogP contribution in [0.5, 0.6) is 0 Å². The SMILES string of the molecule is COC(=O)c1n[nH]n(Cc2cccs2)c1=O. The highest BCUT2D eigenvalue weighted by Gasteiger charge is 2.16. The fourth-order valence-electron chi connectivity index (χ4n) is 1.23. The zero-order valence-electron chi connectivity index (χ0n) is 8.47. The largest absolute Gasteiger partial charge is 0.464 e. The Balaban J connectivity index is 2.27. The van der Waals surface area contributed by atoms with Crippen molar-refractivity contribution >= 4 is 17.3 Å². The minimum atomic E-state index is -0.730. The fourth-order valence-corrected chi connectivity index (χ4v) is 1.92. The van der Waals surface area contributed by atoms with E-state index in [0.717, 1.165) is 4.88 Å². The Hall–Kier alpha value is -1.89. The maximum Gasteiger partial charge on any atom is 0.364 e. The quantitative estimate of drug-likeness (QED) is 0.790. The average molecular weight is 239 g/mol. The van der Waals surface area contributed by atoms with Crippen LogP contribution >= 0.6 is 11.3 Å². The summed E-state index contributed by atoms with van der Waals surface area (Å²) in [6.45, 7) is 0.375. The standard InChI is InChI=1S/C9H9N3O3S/c1-15-9(14)7-8(13)12(11-10-7)5-6-3-2-4-16-6/h2-4,11H,5H2,1H3. The molecule has 7 heteroatoms. The van der Waals surface area contributed by atoms with Crippen LogP contribution in [-0.2, 0) is 11.3 Å². The number of hydrogen-bond acceptors (Lipinski definition) is 5. The Bertz CT molecular complexity index is 541. The van der Waals surface area contributed by atoms with Crippen molar-refractivity contribution in [2.45, 2.75) is 6.54 Å². The van der Waals surface area contributed by atoms with Gasteiger partial charge >= 0.3 is 11.5 Å². The van der Waals surface area contributed by atoms with Gasteiger partial charge in [0.2, 0.25) is 5.69 Å². The molecule has 2 aromatic heterocycles. The number of thiophene rings is 1. The molecule has 0 saturated carbocycles. The number of rotatable bonds is 3. The molecule has 0 aliphatic rings. The summed E-state index contributed by atoms with van der Waals surface area (Å²) in [4.78, 5) is 23.8. The van der Waals surface area contributed by atoms with E-state index < -0.39 is 11.5 Å². The average Bonchev–Trinajstić information content (AvgIpc) is 2.90.